The predicted octanol–water partition coefficient (Wildman–Crippen LogP) is 2.06. The molecule has 2 aliphatic rings. The summed E-state index contributed by atoms with van der Waals surface area (Å²) in [6.45, 7) is 5.53. The number of fused-ring (bicyclic) bond motifs is 1. The molecule has 1 unspecified atom stereocenters. The molecule has 0 bridgehead atoms. The average Bonchev–Trinajstić information content (AvgIpc) is 3.10. The lowest BCUT2D eigenvalue weighted by atomic mass is 10.0. The highest BCUT2D eigenvalue weighted by atomic mass is 16.5. The van der Waals surface area contributed by atoms with Crippen LogP contribution in [0.25, 0.3) is 0 Å². The van der Waals surface area contributed by atoms with E-state index in [0.717, 1.165) is 50.4 Å². The minimum Gasteiger partial charge on any atom is -0.381 e. The van der Waals surface area contributed by atoms with Gasteiger partial charge >= 0.3 is 0 Å². The Morgan fingerprint density at radius 1 is 1.30 bits per heavy atom. The van der Waals surface area contributed by atoms with E-state index in [1.54, 1.807) is 6.07 Å². The van der Waals surface area contributed by atoms with E-state index in [1.165, 1.54) is 5.56 Å². The Morgan fingerprint density at radius 3 is 2.96 bits per heavy atom. The van der Waals surface area contributed by atoms with Crippen LogP contribution in [0, 0.1) is 12.8 Å². The van der Waals surface area contributed by atoms with Crippen LogP contribution < -0.4 is 5.32 Å². The van der Waals surface area contributed by atoms with Crippen LogP contribution in [0.5, 0.6) is 0 Å². The van der Waals surface area contributed by atoms with Crippen LogP contribution in [0.2, 0.25) is 0 Å². The largest absolute Gasteiger partial charge is 0.381 e. The van der Waals surface area contributed by atoms with Gasteiger partial charge in [-0.25, -0.2) is 4.98 Å². The molecule has 2 aliphatic heterocycles. The number of nitrogens with zero attached hydrogens (tertiary/aromatic N) is 3. The van der Waals surface area contributed by atoms with E-state index in [9.17, 15) is 4.79 Å². The number of aryl methyl sites for hydroxylation is 1. The number of pyridine rings is 1. The van der Waals surface area contributed by atoms with Gasteiger partial charge in [0.2, 0.25) is 0 Å². The van der Waals surface area contributed by atoms with Gasteiger partial charge in [-0.15, -0.1) is 0 Å². The van der Waals surface area contributed by atoms with Crippen molar-refractivity contribution >= 4 is 5.91 Å². The van der Waals surface area contributed by atoms with E-state index in [4.69, 9.17) is 14.6 Å². The second-order valence-electron chi connectivity index (χ2n) is 7.30. The van der Waals surface area contributed by atoms with Crippen molar-refractivity contribution < 1.29 is 14.3 Å². The molecule has 0 aliphatic carbocycles. The van der Waals surface area contributed by atoms with E-state index in [0.29, 0.717) is 24.8 Å². The molecule has 1 saturated heterocycles. The van der Waals surface area contributed by atoms with Crippen molar-refractivity contribution in [3.05, 3.63) is 47.0 Å². The summed E-state index contributed by atoms with van der Waals surface area (Å²) in [6, 6.07) is 5.43. The maximum atomic E-state index is 12.4. The van der Waals surface area contributed by atoms with Crippen LogP contribution in [0.3, 0.4) is 0 Å². The van der Waals surface area contributed by atoms with E-state index in [-0.39, 0.29) is 12.0 Å². The maximum Gasteiger partial charge on any atom is 0.269 e. The van der Waals surface area contributed by atoms with Crippen LogP contribution in [0.4, 0.5) is 0 Å². The molecule has 0 saturated carbocycles. The van der Waals surface area contributed by atoms with E-state index >= 15 is 0 Å². The second-order valence-corrected chi connectivity index (χ2v) is 7.30. The first-order valence-electron chi connectivity index (χ1n) is 9.66. The van der Waals surface area contributed by atoms with Gasteiger partial charge in [-0.1, -0.05) is 6.07 Å². The highest BCUT2D eigenvalue weighted by Crippen LogP contribution is 2.26. The highest BCUT2D eigenvalue weighted by Gasteiger charge is 2.26. The highest BCUT2D eigenvalue weighted by molar-refractivity contribution is 5.92. The van der Waals surface area contributed by atoms with Gasteiger partial charge in [0, 0.05) is 38.2 Å². The van der Waals surface area contributed by atoms with Crippen molar-refractivity contribution in [1.29, 1.82) is 0 Å². The summed E-state index contributed by atoms with van der Waals surface area (Å²) in [7, 11) is 0. The van der Waals surface area contributed by atoms with Crippen molar-refractivity contribution in [3.63, 3.8) is 0 Å². The first-order valence-corrected chi connectivity index (χ1v) is 9.66. The van der Waals surface area contributed by atoms with Crippen molar-refractivity contribution in [2.75, 3.05) is 26.4 Å². The quantitative estimate of drug-likeness (QED) is 0.872. The Hall–Kier alpha value is -2.25. The van der Waals surface area contributed by atoms with Gasteiger partial charge < -0.3 is 14.8 Å². The molecule has 1 atom stereocenters. The summed E-state index contributed by atoms with van der Waals surface area (Å²) >= 11 is 0. The summed E-state index contributed by atoms with van der Waals surface area (Å²) in [5.41, 5.74) is 3.42. The third kappa shape index (κ3) is 4.36. The number of hydrogen-bond donors (Lipinski definition) is 1. The lowest BCUT2D eigenvalue weighted by Crippen LogP contribution is -2.32. The zero-order chi connectivity index (χ0) is 18.6. The maximum absolute atomic E-state index is 12.4. The lowest BCUT2D eigenvalue weighted by Gasteiger charge is -2.22. The Morgan fingerprint density at radius 2 is 2.15 bits per heavy atom. The summed E-state index contributed by atoms with van der Waals surface area (Å²) in [5, 5.41) is 7.71. The minimum absolute atomic E-state index is 0.184. The topological polar surface area (TPSA) is 78.3 Å². The Balaban J connectivity index is 1.39. The normalized spacial score (nSPS) is 20.3. The molecule has 7 heteroatoms. The predicted molar refractivity (Wildman–Crippen MR) is 99.5 cm³/mol. The number of carbonyl (C=O) groups is 1. The fraction of sp³-hybridized carbons (Fsp3) is 0.550. The van der Waals surface area contributed by atoms with Crippen LogP contribution in [0.1, 0.15) is 46.4 Å². The molecule has 0 radical (unpaired) electrons. The fourth-order valence-electron chi connectivity index (χ4n) is 3.72. The molecule has 2 aromatic heterocycles. The molecule has 144 valence electrons. The van der Waals surface area contributed by atoms with Crippen molar-refractivity contribution in [1.82, 2.24) is 20.1 Å². The number of amides is 1. The first kappa shape index (κ1) is 18.1. The second kappa shape index (κ2) is 8.19. The monoisotopic (exact) mass is 370 g/mol. The smallest absolute Gasteiger partial charge is 0.269 e. The third-order valence-corrected chi connectivity index (χ3v) is 5.22. The van der Waals surface area contributed by atoms with Gasteiger partial charge in [0.1, 0.15) is 11.8 Å². The molecule has 4 heterocycles. The van der Waals surface area contributed by atoms with Gasteiger partial charge in [0.15, 0.2) is 0 Å². The summed E-state index contributed by atoms with van der Waals surface area (Å²) < 4.78 is 13.4. The molecule has 0 spiro atoms. The zero-order valence-electron chi connectivity index (χ0n) is 15.7. The summed E-state index contributed by atoms with van der Waals surface area (Å²) in [4.78, 5) is 16.6. The standard InChI is InChI=1S/C20H26N4O3/c1-14-3-2-4-17(22-14)20(25)21-11-18-19-16(7-10-27-18)13-24(23-19)12-15-5-8-26-9-6-15/h2-4,13,15,18H,5-12H2,1H3,(H,21,25). The Kier molecular flexibility index (Phi) is 5.50. The minimum atomic E-state index is -0.210. The molecule has 0 aromatic carbocycles. The number of rotatable bonds is 5. The van der Waals surface area contributed by atoms with Crippen molar-refractivity contribution in [2.24, 2.45) is 5.92 Å². The molecule has 4 rings (SSSR count). The molecule has 1 N–H and O–H groups in total. The van der Waals surface area contributed by atoms with Crippen molar-refractivity contribution in [3.8, 4) is 0 Å². The lowest BCUT2D eigenvalue weighted by molar-refractivity contribution is 0.0378. The summed E-state index contributed by atoms with van der Waals surface area (Å²) in [5.74, 6) is 0.433. The van der Waals surface area contributed by atoms with E-state index in [2.05, 4.69) is 16.5 Å². The number of hydrogen-bond acceptors (Lipinski definition) is 5. The number of aromatic nitrogens is 3. The number of nitrogens with one attached hydrogen (secondary N) is 1. The fourth-order valence-corrected chi connectivity index (χ4v) is 3.72. The van der Waals surface area contributed by atoms with Gasteiger partial charge in [0.25, 0.3) is 5.91 Å². The van der Waals surface area contributed by atoms with Crippen LogP contribution in [0.15, 0.2) is 24.4 Å². The molecule has 7 nitrogen and oxygen atoms in total. The van der Waals surface area contributed by atoms with Crippen LogP contribution in [-0.2, 0) is 22.4 Å². The SMILES string of the molecule is Cc1cccc(C(=O)NCC2OCCc3cn(CC4CCOCC4)nc32)n1. The molecule has 27 heavy (non-hydrogen) atoms. The zero-order valence-corrected chi connectivity index (χ0v) is 15.7. The molecule has 1 fully saturated rings. The van der Waals surface area contributed by atoms with E-state index < -0.39 is 0 Å². The van der Waals surface area contributed by atoms with Gasteiger partial charge in [0.05, 0.1) is 12.3 Å². The van der Waals surface area contributed by atoms with Crippen LogP contribution >= 0.6 is 0 Å². The van der Waals surface area contributed by atoms with E-state index in [1.807, 2.05) is 23.7 Å². The summed E-state index contributed by atoms with van der Waals surface area (Å²) in [6.07, 6.45) is 4.98. The molecular formula is C20H26N4O3. The molecule has 2 aromatic rings. The average molecular weight is 370 g/mol. The third-order valence-electron chi connectivity index (χ3n) is 5.22. The van der Waals surface area contributed by atoms with Gasteiger partial charge in [-0.2, -0.15) is 5.10 Å². The van der Waals surface area contributed by atoms with Crippen molar-refractivity contribution in [2.45, 2.75) is 38.8 Å². The first-order chi connectivity index (χ1) is 13.2. The van der Waals surface area contributed by atoms with Crippen LogP contribution in [-0.4, -0.2) is 47.0 Å². The van der Waals surface area contributed by atoms with Gasteiger partial charge in [-0.3, -0.25) is 9.48 Å². The number of carbonyl (C=O) groups excluding carboxylic acids is 1. The number of ether oxygens (including phenoxy) is 2. The van der Waals surface area contributed by atoms with Gasteiger partial charge in [-0.05, 0) is 49.8 Å². The Bertz CT molecular complexity index is 798. The molecule has 1 amide bonds. The Labute approximate surface area is 159 Å². The molecular weight excluding hydrogens is 344 g/mol.